The second kappa shape index (κ2) is 8.07. The second-order valence-corrected chi connectivity index (χ2v) is 7.82. The Bertz CT molecular complexity index is 896. The van der Waals surface area contributed by atoms with Crippen LogP contribution in [-0.2, 0) is 4.79 Å². The van der Waals surface area contributed by atoms with E-state index in [2.05, 4.69) is 17.1 Å². The zero-order valence-electron chi connectivity index (χ0n) is 16.6. The Morgan fingerprint density at radius 2 is 1.55 bits per heavy atom. The van der Waals surface area contributed by atoms with Crippen LogP contribution in [0.25, 0.3) is 0 Å². The molecule has 3 amide bonds. The molecule has 2 aromatic carbocycles. The number of hydrogen-bond donors (Lipinski definition) is 1. The van der Waals surface area contributed by atoms with Gasteiger partial charge in [0.25, 0.3) is 11.8 Å². The zero-order valence-corrected chi connectivity index (χ0v) is 16.6. The monoisotopic (exact) mass is 391 g/mol. The van der Waals surface area contributed by atoms with Gasteiger partial charge in [-0.1, -0.05) is 19.1 Å². The fourth-order valence-corrected chi connectivity index (χ4v) is 3.90. The number of nitrogens with zero attached hydrogens (tertiary/aromatic N) is 2. The van der Waals surface area contributed by atoms with Gasteiger partial charge in [0.2, 0.25) is 5.91 Å². The van der Waals surface area contributed by atoms with Gasteiger partial charge in [-0.2, -0.15) is 0 Å². The lowest BCUT2D eigenvalue weighted by Crippen LogP contribution is -2.33. The molecular weight excluding hydrogens is 366 g/mol. The van der Waals surface area contributed by atoms with Gasteiger partial charge in [-0.15, -0.1) is 0 Å². The topological polar surface area (TPSA) is 69.7 Å². The number of anilines is 2. The summed E-state index contributed by atoms with van der Waals surface area (Å²) in [4.78, 5) is 40.5. The molecule has 2 aromatic rings. The van der Waals surface area contributed by atoms with Crippen LogP contribution in [0.4, 0.5) is 11.4 Å². The number of amides is 3. The number of hydrogen-bond acceptors (Lipinski definition) is 4. The van der Waals surface area contributed by atoms with Crippen molar-refractivity contribution in [1.82, 2.24) is 4.90 Å². The molecule has 0 bridgehead atoms. The molecule has 2 aliphatic rings. The third kappa shape index (κ3) is 4.01. The number of carbonyl (C=O) groups excluding carboxylic acids is 3. The van der Waals surface area contributed by atoms with Crippen molar-refractivity contribution >= 4 is 29.1 Å². The first-order valence-corrected chi connectivity index (χ1v) is 10.1. The summed E-state index contributed by atoms with van der Waals surface area (Å²) in [6.07, 6.45) is 2.48. The molecule has 150 valence electrons. The van der Waals surface area contributed by atoms with Crippen molar-refractivity contribution in [2.45, 2.75) is 26.2 Å². The first-order chi connectivity index (χ1) is 14.0. The maximum atomic E-state index is 12.4. The van der Waals surface area contributed by atoms with E-state index in [1.807, 2.05) is 24.3 Å². The van der Waals surface area contributed by atoms with Crippen LogP contribution in [0.15, 0.2) is 48.5 Å². The first-order valence-electron chi connectivity index (χ1n) is 10.1. The minimum atomic E-state index is -0.335. The lowest BCUT2D eigenvalue weighted by atomic mass is 9.99. The molecule has 0 aromatic heterocycles. The van der Waals surface area contributed by atoms with E-state index in [9.17, 15) is 14.4 Å². The zero-order chi connectivity index (χ0) is 20.4. The van der Waals surface area contributed by atoms with Gasteiger partial charge in [-0.3, -0.25) is 19.3 Å². The van der Waals surface area contributed by atoms with Crippen molar-refractivity contribution < 1.29 is 14.4 Å². The van der Waals surface area contributed by atoms with Crippen LogP contribution in [0.2, 0.25) is 0 Å². The van der Waals surface area contributed by atoms with Gasteiger partial charge in [0.05, 0.1) is 11.1 Å². The summed E-state index contributed by atoms with van der Waals surface area (Å²) in [6.45, 7) is 4.49. The summed E-state index contributed by atoms with van der Waals surface area (Å²) < 4.78 is 0. The molecule has 0 saturated carbocycles. The number of nitrogens with one attached hydrogen (secondary N) is 1. The average Bonchev–Trinajstić information content (AvgIpc) is 2.98. The van der Waals surface area contributed by atoms with E-state index in [1.165, 1.54) is 18.5 Å². The molecule has 29 heavy (non-hydrogen) atoms. The fraction of sp³-hybridized carbons (Fsp3) is 0.348. The third-order valence-electron chi connectivity index (χ3n) is 5.74. The van der Waals surface area contributed by atoms with Crippen molar-refractivity contribution in [2.24, 2.45) is 5.92 Å². The lowest BCUT2D eigenvalue weighted by Gasteiger charge is -2.32. The van der Waals surface area contributed by atoms with E-state index in [-0.39, 0.29) is 30.7 Å². The smallest absolute Gasteiger partial charge is 0.261 e. The second-order valence-electron chi connectivity index (χ2n) is 7.82. The molecule has 2 heterocycles. The van der Waals surface area contributed by atoms with Crippen LogP contribution in [0.1, 0.15) is 46.9 Å². The molecule has 0 unspecified atom stereocenters. The largest absolute Gasteiger partial charge is 0.372 e. The first kappa shape index (κ1) is 19.2. The van der Waals surface area contributed by atoms with Crippen molar-refractivity contribution in [3.63, 3.8) is 0 Å². The average molecular weight is 391 g/mol. The van der Waals surface area contributed by atoms with E-state index in [1.54, 1.807) is 24.3 Å². The van der Waals surface area contributed by atoms with Gasteiger partial charge >= 0.3 is 0 Å². The number of benzene rings is 2. The Morgan fingerprint density at radius 1 is 0.966 bits per heavy atom. The Kier molecular flexibility index (Phi) is 5.34. The van der Waals surface area contributed by atoms with E-state index in [4.69, 9.17) is 0 Å². The SMILES string of the molecule is CC1CCN(c2ccc(NC(=O)CCN3C(=O)c4ccccc4C3=O)cc2)CC1. The van der Waals surface area contributed by atoms with Crippen LogP contribution < -0.4 is 10.2 Å². The third-order valence-corrected chi connectivity index (χ3v) is 5.74. The Labute approximate surface area is 170 Å². The molecule has 0 radical (unpaired) electrons. The molecular formula is C23H25N3O3. The summed E-state index contributed by atoms with van der Waals surface area (Å²) in [5.41, 5.74) is 2.69. The van der Waals surface area contributed by atoms with E-state index in [0.29, 0.717) is 16.8 Å². The number of imide groups is 1. The minimum Gasteiger partial charge on any atom is -0.372 e. The number of fused-ring (bicyclic) bond motifs is 1. The predicted molar refractivity (Wildman–Crippen MR) is 112 cm³/mol. The van der Waals surface area contributed by atoms with Crippen LogP contribution >= 0.6 is 0 Å². The van der Waals surface area contributed by atoms with Gasteiger partial charge in [0.1, 0.15) is 0 Å². The molecule has 1 N–H and O–H groups in total. The molecule has 0 spiro atoms. The quantitative estimate of drug-likeness (QED) is 0.792. The lowest BCUT2D eigenvalue weighted by molar-refractivity contribution is -0.116. The van der Waals surface area contributed by atoms with Crippen molar-refractivity contribution in [3.05, 3.63) is 59.7 Å². The highest BCUT2D eigenvalue weighted by Crippen LogP contribution is 2.25. The molecule has 6 nitrogen and oxygen atoms in total. The highest BCUT2D eigenvalue weighted by Gasteiger charge is 2.34. The standard InChI is InChI=1S/C23H25N3O3/c1-16-10-13-25(14-11-16)18-8-6-17(7-9-18)24-21(27)12-15-26-22(28)19-4-2-3-5-20(19)23(26)29/h2-9,16H,10-15H2,1H3,(H,24,27). The molecule has 0 aliphatic carbocycles. The summed E-state index contributed by atoms with van der Waals surface area (Å²) >= 11 is 0. The summed E-state index contributed by atoms with van der Waals surface area (Å²) in [5, 5.41) is 2.85. The van der Waals surface area contributed by atoms with Gasteiger partial charge in [0, 0.05) is 37.4 Å². The number of carbonyl (C=O) groups is 3. The molecule has 0 atom stereocenters. The normalized spacial score (nSPS) is 16.9. The van der Waals surface area contributed by atoms with Crippen LogP contribution in [0, 0.1) is 5.92 Å². The molecule has 1 fully saturated rings. The van der Waals surface area contributed by atoms with Crippen molar-refractivity contribution in [3.8, 4) is 0 Å². The molecule has 6 heteroatoms. The highest BCUT2D eigenvalue weighted by molar-refractivity contribution is 6.21. The van der Waals surface area contributed by atoms with Gasteiger partial charge in [0.15, 0.2) is 0 Å². The Morgan fingerprint density at radius 3 is 2.14 bits per heavy atom. The van der Waals surface area contributed by atoms with Crippen LogP contribution in [0.3, 0.4) is 0 Å². The van der Waals surface area contributed by atoms with Gasteiger partial charge in [-0.25, -0.2) is 0 Å². The minimum absolute atomic E-state index is 0.0667. The maximum absolute atomic E-state index is 12.4. The van der Waals surface area contributed by atoms with E-state index in [0.717, 1.165) is 23.9 Å². The summed E-state index contributed by atoms with van der Waals surface area (Å²) in [7, 11) is 0. The van der Waals surface area contributed by atoms with Crippen molar-refractivity contribution in [1.29, 1.82) is 0 Å². The van der Waals surface area contributed by atoms with Crippen LogP contribution in [0.5, 0.6) is 0 Å². The molecule has 4 rings (SSSR count). The maximum Gasteiger partial charge on any atom is 0.261 e. The molecule has 2 aliphatic heterocycles. The van der Waals surface area contributed by atoms with Gasteiger partial charge in [-0.05, 0) is 55.2 Å². The molecule has 1 saturated heterocycles. The number of rotatable bonds is 5. The summed E-state index contributed by atoms with van der Waals surface area (Å²) in [5.74, 6) is -0.106. The fourth-order valence-electron chi connectivity index (χ4n) is 3.90. The van der Waals surface area contributed by atoms with E-state index >= 15 is 0 Å². The van der Waals surface area contributed by atoms with E-state index < -0.39 is 0 Å². The highest BCUT2D eigenvalue weighted by atomic mass is 16.2. The summed E-state index contributed by atoms with van der Waals surface area (Å²) in [6, 6.07) is 14.6. The predicted octanol–water partition coefficient (Wildman–Crippen LogP) is 3.55. The number of piperidine rings is 1. The van der Waals surface area contributed by atoms with Crippen LogP contribution in [-0.4, -0.2) is 42.3 Å². The van der Waals surface area contributed by atoms with Crippen molar-refractivity contribution in [2.75, 3.05) is 29.9 Å². The Hall–Kier alpha value is -3.15. The van der Waals surface area contributed by atoms with Gasteiger partial charge < -0.3 is 10.2 Å². The Balaban J connectivity index is 1.30.